The average molecular weight is 403 g/mol. The summed E-state index contributed by atoms with van der Waals surface area (Å²) < 4.78 is 0. The van der Waals surface area contributed by atoms with E-state index < -0.39 is 0 Å². The van der Waals surface area contributed by atoms with Crippen molar-refractivity contribution in [3.05, 3.63) is 22.7 Å². The second-order valence-electron chi connectivity index (χ2n) is 9.19. The first-order valence-electron chi connectivity index (χ1n) is 9.73. The van der Waals surface area contributed by atoms with Crippen molar-refractivity contribution in [3.63, 3.8) is 0 Å². The zero-order valence-corrected chi connectivity index (χ0v) is 18.2. The van der Waals surface area contributed by atoms with Gasteiger partial charge in [0.05, 0.1) is 5.69 Å². The van der Waals surface area contributed by atoms with Crippen LogP contribution in [-0.2, 0) is 10.2 Å². The van der Waals surface area contributed by atoms with Gasteiger partial charge in [-0.05, 0) is 30.4 Å². The Morgan fingerprint density at radius 2 is 2.07 bits per heavy atom. The van der Waals surface area contributed by atoms with Crippen LogP contribution in [0.25, 0.3) is 10.2 Å². The van der Waals surface area contributed by atoms with E-state index in [1.165, 1.54) is 11.3 Å². The summed E-state index contributed by atoms with van der Waals surface area (Å²) in [5.41, 5.74) is 7.37. The third kappa shape index (κ3) is 3.99. The number of likely N-dealkylation sites (tertiary alicyclic amines) is 1. The summed E-state index contributed by atoms with van der Waals surface area (Å²) in [4.78, 5) is 32.9. The van der Waals surface area contributed by atoms with Crippen molar-refractivity contribution in [2.24, 2.45) is 5.41 Å². The van der Waals surface area contributed by atoms with E-state index in [9.17, 15) is 9.59 Å². The van der Waals surface area contributed by atoms with Gasteiger partial charge in [-0.25, -0.2) is 4.98 Å². The fourth-order valence-corrected chi connectivity index (χ4v) is 4.88. The summed E-state index contributed by atoms with van der Waals surface area (Å²) in [6.07, 6.45) is 2.49. The minimum absolute atomic E-state index is 0.0210. The highest BCUT2D eigenvalue weighted by Gasteiger charge is 2.36. The number of piperidine rings is 1. The number of carbonyl (C=O) groups excluding carboxylic acids is 2. The first-order chi connectivity index (χ1) is 13.0. The van der Waals surface area contributed by atoms with Crippen molar-refractivity contribution in [3.8, 4) is 0 Å². The Morgan fingerprint density at radius 3 is 2.71 bits per heavy atom. The van der Waals surface area contributed by atoms with Crippen LogP contribution in [0.1, 0.15) is 62.3 Å². The van der Waals surface area contributed by atoms with Gasteiger partial charge in [-0.1, -0.05) is 27.7 Å². The molecular formula is C21H30N4O2S. The smallest absolute Gasteiger partial charge is 0.263 e. The van der Waals surface area contributed by atoms with Crippen LogP contribution in [0.3, 0.4) is 0 Å². The molecule has 0 aliphatic carbocycles. The van der Waals surface area contributed by atoms with Crippen LogP contribution in [0.4, 0.5) is 5.69 Å². The second-order valence-corrected chi connectivity index (χ2v) is 10.2. The molecular weight excluding hydrogens is 372 g/mol. The summed E-state index contributed by atoms with van der Waals surface area (Å²) in [6.45, 7) is 9.93. The van der Waals surface area contributed by atoms with E-state index in [0.29, 0.717) is 23.5 Å². The zero-order valence-electron chi connectivity index (χ0n) is 17.4. The first-order valence-corrected chi connectivity index (χ1v) is 10.5. The molecule has 1 unspecified atom stereocenters. The van der Waals surface area contributed by atoms with E-state index in [-0.39, 0.29) is 22.6 Å². The molecule has 2 amide bonds. The number of pyridine rings is 1. The lowest BCUT2D eigenvalue weighted by Crippen LogP contribution is -2.48. The molecule has 0 radical (unpaired) electrons. The minimum atomic E-state index is -0.202. The Bertz CT molecular complexity index is 915. The van der Waals surface area contributed by atoms with Crippen LogP contribution in [0.15, 0.2) is 12.1 Å². The Labute approximate surface area is 170 Å². The molecule has 1 fully saturated rings. The molecule has 0 spiro atoms. The molecule has 3 rings (SSSR count). The minimum Gasteiger partial charge on any atom is -0.397 e. The number of thiophene rings is 1. The third-order valence-corrected chi connectivity index (χ3v) is 6.49. The number of fused-ring (bicyclic) bond motifs is 1. The Balaban J connectivity index is 1.90. The van der Waals surface area contributed by atoms with Crippen molar-refractivity contribution >= 4 is 39.1 Å². The zero-order chi connectivity index (χ0) is 20.7. The number of amides is 2. The lowest BCUT2D eigenvalue weighted by molar-refractivity contribution is -0.135. The fourth-order valence-electron chi connectivity index (χ4n) is 3.84. The van der Waals surface area contributed by atoms with E-state index in [4.69, 9.17) is 10.7 Å². The number of carbonyl (C=O) groups is 2. The molecule has 0 bridgehead atoms. The van der Waals surface area contributed by atoms with Gasteiger partial charge in [0.15, 0.2) is 0 Å². The SMILES string of the molecule is CNC(=O)c1sc2nc(C3(C)CCCN(C(=O)CC(C)(C)C)C3)ccc2c1N. The van der Waals surface area contributed by atoms with Crippen molar-refractivity contribution < 1.29 is 9.59 Å². The monoisotopic (exact) mass is 402 g/mol. The Kier molecular flexibility index (Phi) is 5.40. The quantitative estimate of drug-likeness (QED) is 0.822. The molecule has 0 saturated carbocycles. The largest absolute Gasteiger partial charge is 0.397 e. The molecule has 3 heterocycles. The molecule has 1 aliphatic heterocycles. The summed E-state index contributed by atoms with van der Waals surface area (Å²) in [6, 6.07) is 3.95. The van der Waals surface area contributed by atoms with E-state index in [1.54, 1.807) is 7.05 Å². The maximum Gasteiger partial charge on any atom is 0.263 e. The van der Waals surface area contributed by atoms with Crippen LogP contribution in [0, 0.1) is 5.41 Å². The fraction of sp³-hybridized carbons (Fsp3) is 0.571. The predicted octanol–water partition coefficient (Wildman–Crippen LogP) is 3.55. The Hall–Kier alpha value is -2.15. The van der Waals surface area contributed by atoms with Crippen molar-refractivity contribution in [1.29, 1.82) is 0 Å². The highest BCUT2D eigenvalue weighted by Crippen LogP contribution is 2.38. The van der Waals surface area contributed by atoms with Gasteiger partial charge in [0.25, 0.3) is 5.91 Å². The average Bonchev–Trinajstić information content (AvgIpc) is 2.96. The van der Waals surface area contributed by atoms with Crippen LogP contribution in [0.2, 0.25) is 0 Å². The lowest BCUT2D eigenvalue weighted by atomic mass is 9.78. The molecule has 3 N–H and O–H groups in total. The molecule has 1 aliphatic rings. The van der Waals surface area contributed by atoms with Crippen molar-refractivity contribution in [2.45, 2.75) is 52.4 Å². The Morgan fingerprint density at radius 1 is 1.36 bits per heavy atom. The second kappa shape index (κ2) is 7.35. The van der Waals surface area contributed by atoms with Crippen molar-refractivity contribution in [2.75, 3.05) is 25.9 Å². The van der Waals surface area contributed by atoms with Gasteiger partial charge < -0.3 is 16.0 Å². The number of nitrogens with zero attached hydrogens (tertiary/aromatic N) is 2. The molecule has 2 aromatic heterocycles. The van der Waals surface area contributed by atoms with Gasteiger partial charge >= 0.3 is 0 Å². The normalized spacial score (nSPS) is 20.4. The molecule has 7 heteroatoms. The van der Waals surface area contributed by atoms with Gasteiger partial charge in [-0.15, -0.1) is 11.3 Å². The first kappa shape index (κ1) is 20.6. The van der Waals surface area contributed by atoms with Crippen LogP contribution < -0.4 is 11.1 Å². The number of hydrogen-bond donors (Lipinski definition) is 2. The summed E-state index contributed by atoms with van der Waals surface area (Å²) in [5, 5.41) is 3.44. The third-order valence-electron chi connectivity index (χ3n) is 5.38. The molecule has 1 atom stereocenters. The maximum atomic E-state index is 12.7. The van der Waals surface area contributed by atoms with Crippen LogP contribution >= 0.6 is 11.3 Å². The van der Waals surface area contributed by atoms with E-state index in [0.717, 1.165) is 35.3 Å². The van der Waals surface area contributed by atoms with Crippen LogP contribution in [-0.4, -0.2) is 41.8 Å². The molecule has 6 nitrogen and oxygen atoms in total. The summed E-state index contributed by atoms with van der Waals surface area (Å²) in [5.74, 6) is 0.0201. The maximum absolute atomic E-state index is 12.7. The van der Waals surface area contributed by atoms with Gasteiger partial charge in [0, 0.05) is 43.1 Å². The molecule has 28 heavy (non-hydrogen) atoms. The number of anilines is 1. The molecule has 152 valence electrons. The summed E-state index contributed by atoms with van der Waals surface area (Å²) >= 11 is 1.32. The predicted molar refractivity (Wildman–Crippen MR) is 115 cm³/mol. The number of rotatable bonds is 3. The van der Waals surface area contributed by atoms with E-state index in [1.807, 2.05) is 17.0 Å². The highest BCUT2D eigenvalue weighted by molar-refractivity contribution is 7.21. The van der Waals surface area contributed by atoms with Crippen LogP contribution in [0.5, 0.6) is 0 Å². The number of hydrogen-bond acceptors (Lipinski definition) is 5. The highest BCUT2D eigenvalue weighted by atomic mass is 32.1. The van der Waals surface area contributed by atoms with Crippen molar-refractivity contribution in [1.82, 2.24) is 15.2 Å². The standard InChI is InChI=1S/C21H30N4O2S/c1-20(2,3)11-15(26)25-10-6-9-21(4,12-25)14-8-7-13-16(22)17(18(27)23-5)28-19(13)24-14/h7-8H,6,9-12,22H2,1-5H3,(H,23,27). The summed E-state index contributed by atoms with van der Waals surface area (Å²) in [7, 11) is 1.59. The van der Waals surface area contributed by atoms with Gasteiger partial charge in [0.2, 0.25) is 5.91 Å². The molecule has 0 aromatic carbocycles. The lowest BCUT2D eigenvalue weighted by Gasteiger charge is -2.41. The van der Waals surface area contributed by atoms with E-state index >= 15 is 0 Å². The number of aromatic nitrogens is 1. The molecule has 1 saturated heterocycles. The number of nitrogens with two attached hydrogens (primary N) is 1. The number of nitrogen functional groups attached to an aromatic ring is 1. The van der Waals surface area contributed by atoms with E-state index in [2.05, 4.69) is 33.0 Å². The number of nitrogens with one attached hydrogen (secondary N) is 1. The van der Waals surface area contributed by atoms with Gasteiger partial charge in [-0.3, -0.25) is 9.59 Å². The molecule has 2 aromatic rings. The van der Waals surface area contributed by atoms with Gasteiger partial charge in [0.1, 0.15) is 9.71 Å². The van der Waals surface area contributed by atoms with Gasteiger partial charge in [-0.2, -0.15) is 0 Å². The topological polar surface area (TPSA) is 88.3 Å².